The fraction of sp³-hybridized carbons (Fsp3) is 0.333. The zero-order chi connectivity index (χ0) is 14.5. The molecule has 0 spiro atoms. The Morgan fingerprint density at radius 1 is 1.20 bits per heavy atom. The Labute approximate surface area is 119 Å². The maximum absolute atomic E-state index is 5.42. The summed E-state index contributed by atoms with van der Waals surface area (Å²) >= 11 is 0. The lowest BCUT2D eigenvalue weighted by atomic mass is 10.1. The summed E-state index contributed by atoms with van der Waals surface area (Å²) in [6.45, 7) is 4.76. The molecule has 2 rings (SSSR count). The number of nitrogens with one attached hydrogen (secondary N) is 1. The Morgan fingerprint density at radius 3 is 2.65 bits per heavy atom. The number of hydrogen-bond acceptors (Lipinski definition) is 5. The van der Waals surface area contributed by atoms with E-state index < -0.39 is 0 Å². The van der Waals surface area contributed by atoms with E-state index in [2.05, 4.69) is 15.3 Å². The van der Waals surface area contributed by atoms with E-state index >= 15 is 0 Å². The average Bonchev–Trinajstić information content (AvgIpc) is 2.49. The van der Waals surface area contributed by atoms with Crippen molar-refractivity contribution in [3.63, 3.8) is 0 Å². The minimum absolute atomic E-state index is 0.609. The number of anilines is 1. The van der Waals surface area contributed by atoms with E-state index in [4.69, 9.17) is 9.47 Å². The first-order chi connectivity index (χ1) is 9.69. The van der Waals surface area contributed by atoms with Crippen LogP contribution >= 0.6 is 0 Å². The second kappa shape index (κ2) is 6.23. The van der Waals surface area contributed by atoms with Crippen LogP contribution in [0.2, 0.25) is 0 Å². The highest BCUT2D eigenvalue weighted by Crippen LogP contribution is 2.34. The number of nitrogens with zero attached hydrogens (tertiary/aromatic N) is 2. The number of methoxy groups -OCH3 is 2. The quantitative estimate of drug-likeness (QED) is 0.907. The van der Waals surface area contributed by atoms with E-state index in [-0.39, 0.29) is 0 Å². The molecule has 20 heavy (non-hydrogen) atoms. The van der Waals surface area contributed by atoms with Gasteiger partial charge < -0.3 is 14.8 Å². The lowest BCUT2D eigenvalue weighted by Crippen LogP contribution is -2.04. The first kappa shape index (κ1) is 14.1. The molecule has 2 aromatic rings. The molecule has 1 N–H and O–H groups in total. The van der Waals surface area contributed by atoms with Crippen LogP contribution in [0.1, 0.15) is 12.5 Å². The molecule has 0 saturated carbocycles. The highest BCUT2D eigenvalue weighted by atomic mass is 16.5. The summed E-state index contributed by atoms with van der Waals surface area (Å²) in [4.78, 5) is 8.82. The second-order valence-electron chi connectivity index (χ2n) is 4.32. The summed E-state index contributed by atoms with van der Waals surface area (Å²) in [6.07, 6.45) is 1.80. The van der Waals surface area contributed by atoms with Crippen LogP contribution in [0.15, 0.2) is 24.4 Å². The first-order valence-electron chi connectivity index (χ1n) is 6.49. The van der Waals surface area contributed by atoms with E-state index in [0.717, 1.165) is 34.9 Å². The third kappa shape index (κ3) is 2.82. The lowest BCUT2D eigenvalue weighted by Gasteiger charge is -2.13. The van der Waals surface area contributed by atoms with Gasteiger partial charge in [-0.05, 0) is 37.6 Å². The second-order valence-corrected chi connectivity index (χ2v) is 4.32. The SMILES string of the molecule is CCNc1ncc(C)c(-c2cc(OC)ccc2OC)n1. The van der Waals surface area contributed by atoms with Gasteiger partial charge in [0.1, 0.15) is 11.5 Å². The zero-order valence-electron chi connectivity index (χ0n) is 12.2. The summed E-state index contributed by atoms with van der Waals surface area (Å²) in [5, 5.41) is 3.12. The Bertz CT molecular complexity index is 600. The van der Waals surface area contributed by atoms with Gasteiger partial charge in [-0.1, -0.05) is 0 Å². The lowest BCUT2D eigenvalue weighted by molar-refractivity contribution is 0.404. The van der Waals surface area contributed by atoms with Crippen LogP contribution < -0.4 is 14.8 Å². The molecule has 5 heteroatoms. The van der Waals surface area contributed by atoms with Gasteiger partial charge in [-0.15, -0.1) is 0 Å². The Hall–Kier alpha value is -2.30. The minimum Gasteiger partial charge on any atom is -0.497 e. The van der Waals surface area contributed by atoms with Crippen LogP contribution in [0.5, 0.6) is 11.5 Å². The molecule has 0 amide bonds. The molecule has 0 bridgehead atoms. The predicted octanol–water partition coefficient (Wildman–Crippen LogP) is 2.90. The molecule has 0 aliphatic rings. The van der Waals surface area contributed by atoms with Crippen LogP contribution in [0, 0.1) is 6.92 Å². The van der Waals surface area contributed by atoms with E-state index in [9.17, 15) is 0 Å². The largest absolute Gasteiger partial charge is 0.497 e. The highest BCUT2D eigenvalue weighted by molar-refractivity contribution is 5.72. The normalized spacial score (nSPS) is 10.2. The van der Waals surface area contributed by atoms with Crippen molar-refractivity contribution in [2.45, 2.75) is 13.8 Å². The van der Waals surface area contributed by atoms with Gasteiger partial charge in [0.2, 0.25) is 5.95 Å². The summed E-state index contributed by atoms with van der Waals surface area (Å²) in [5.74, 6) is 2.14. The molecule has 0 unspecified atom stereocenters. The molecule has 106 valence electrons. The summed E-state index contributed by atoms with van der Waals surface area (Å²) in [6, 6.07) is 5.66. The minimum atomic E-state index is 0.609. The summed E-state index contributed by atoms with van der Waals surface area (Å²) in [5.41, 5.74) is 2.72. The average molecular weight is 273 g/mol. The van der Waals surface area contributed by atoms with Gasteiger partial charge in [-0.3, -0.25) is 0 Å². The van der Waals surface area contributed by atoms with Crippen LogP contribution in [-0.2, 0) is 0 Å². The zero-order valence-corrected chi connectivity index (χ0v) is 12.2. The van der Waals surface area contributed by atoms with Crippen molar-refractivity contribution in [3.8, 4) is 22.8 Å². The Kier molecular flexibility index (Phi) is 4.40. The third-order valence-corrected chi connectivity index (χ3v) is 2.97. The molecule has 1 aromatic carbocycles. The fourth-order valence-corrected chi connectivity index (χ4v) is 1.96. The van der Waals surface area contributed by atoms with E-state index in [1.165, 1.54) is 0 Å². The van der Waals surface area contributed by atoms with Crippen LogP contribution in [0.3, 0.4) is 0 Å². The standard InChI is InChI=1S/C15H19N3O2/c1-5-16-15-17-9-10(2)14(18-15)12-8-11(19-3)6-7-13(12)20-4/h6-9H,5H2,1-4H3,(H,16,17,18). The number of rotatable bonds is 5. The Balaban J connectivity index is 2.56. The van der Waals surface area contributed by atoms with Crippen molar-refractivity contribution in [1.82, 2.24) is 9.97 Å². The van der Waals surface area contributed by atoms with Crippen molar-refractivity contribution in [3.05, 3.63) is 30.0 Å². The van der Waals surface area contributed by atoms with Gasteiger partial charge in [0.05, 0.1) is 19.9 Å². The van der Waals surface area contributed by atoms with Crippen LogP contribution in [-0.4, -0.2) is 30.7 Å². The number of aryl methyl sites for hydroxylation is 1. The highest BCUT2D eigenvalue weighted by Gasteiger charge is 2.13. The Morgan fingerprint density at radius 2 is 2.00 bits per heavy atom. The smallest absolute Gasteiger partial charge is 0.223 e. The molecule has 0 atom stereocenters. The summed E-state index contributed by atoms with van der Waals surface area (Å²) in [7, 11) is 3.29. The fourth-order valence-electron chi connectivity index (χ4n) is 1.96. The van der Waals surface area contributed by atoms with Crippen molar-refractivity contribution in [2.75, 3.05) is 26.1 Å². The molecule has 0 saturated heterocycles. The first-order valence-corrected chi connectivity index (χ1v) is 6.49. The number of aromatic nitrogens is 2. The molecule has 0 fully saturated rings. The van der Waals surface area contributed by atoms with Gasteiger partial charge >= 0.3 is 0 Å². The molecular formula is C15H19N3O2. The number of hydrogen-bond donors (Lipinski definition) is 1. The van der Waals surface area contributed by atoms with Crippen molar-refractivity contribution < 1.29 is 9.47 Å². The molecular weight excluding hydrogens is 254 g/mol. The molecule has 1 aromatic heterocycles. The molecule has 0 aliphatic heterocycles. The van der Waals surface area contributed by atoms with Gasteiger partial charge in [0.15, 0.2) is 0 Å². The van der Waals surface area contributed by atoms with E-state index in [1.54, 1.807) is 20.4 Å². The monoisotopic (exact) mass is 273 g/mol. The summed E-state index contributed by atoms with van der Waals surface area (Å²) < 4.78 is 10.7. The topological polar surface area (TPSA) is 56.3 Å². The van der Waals surface area contributed by atoms with Crippen molar-refractivity contribution in [1.29, 1.82) is 0 Å². The van der Waals surface area contributed by atoms with Crippen LogP contribution in [0.25, 0.3) is 11.3 Å². The van der Waals surface area contributed by atoms with Gasteiger partial charge in [-0.25, -0.2) is 9.97 Å². The van der Waals surface area contributed by atoms with Crippen LogP contribution in [0.4, 0.5) is 5.95 Å². The van der Waals surface area contributed by atoms with Gasteiger partial charge in [-0.2, -0.15) is 0 Å². The predicted molar refractivity (Wildman–Crippen MR) is 79.5 cm³/mol. The molecule has 5 nitrogen and oxygen atoms in total. The van der Waals surface area contributed by atoms with Crippen molar-refractivity contribution in [2.24, 2.45) is 0 Å². The van der Waals surface area contributed by atoms with E-state index in [0.29, 0.717) is 5.95 Å². The maximum Gasteiger partial charge on any atom is 0.223 e. The maximum atomic E-state index is 5.42. The number of ether oxygens (including phenoxy) is 2. The van der Waals surface area contributed by atoms with Gasteiger partial charge in [0.25, 0.3) is 0 Å². The molecule has 0 radical (unpaired) electrons. The molecule has 0 aliphatic carbocycles. The van der Waals surface area contributed by atoms with Gasteiger partial charge in [0, 0.05) is 18.3 Å². The third-order valence-electron chi connectivity index (χ3n) is 2.97. The molecule has 1 heterocycles. The van der Waals surface area contributed by atoms with E-state index in [1.807, 2.05) is 32.0 Å². The van der Waals surface area contributed by atoms with Crippen molar-refractivity contribution >= 4 is 5.95 Å². The number of benzene rings is 1.